The third kappa shape index (κ3) is 4.85. The average Bonchev–Trinajstić information content (AvgIpc) is 2.96. The molecule has 27 heavy (non-hydrogen) atoms. The number of aryl methyl sites for hydroxylation is 1. The molecule has 3 aromatic rings. The van der Waals surface area contributed by atoms with E-state index in [-0.39, 0.29) is 10.7 Å². The van der Waals surface area contributed by atoms with Gasteiger partial charge in [-0.3, -0.25) is 9.40 Å². The minimum absolute atomic E-state index is 0.186. The van der Waals surface area contributed by atoms with E-state index in [1.807, 2.05) is 13.0 Å². The molecule has 1 N–H and O–H groups in total. The SMILES string of the molecule is CCc1ccc(S(=O)(=O)Nc2nn(Cc3ccc(Cl)c(Cl)c3)cc2Br)cc1. The minimum Gasteiger partial charge on any atom is -0.265 e. The van der Waals surface area contributed by atoms with Crippen LogP contribution in [0.15, 0.2) is 58.0 Å². The molecule has 5 nitrogen and oxygen atoms in total. The van der Waals surface area contributed by atoms with Crippen LogP contribution in [0.3, 0.4) is 0 Å². The van der Waals surface area contributed by atoms with Gasteiger partial charge in [0, 0.05) is 6.20 Å². The standard InChI is InChI=1S/C18H16BrCl2N3O2S/c1-2-12-3-6-14(7-4-12)27(25,26)23-18-15(19)11-24(22-18)10-13-5-8-16(20)17(21)9-13/h3-9,11H,2,10H2,1H3,(H,22,23). The van der Waals surface area contributed by atoms with E-state index in [9.17, 15) is 8.42 Å². The molecule has 9 heteroatoms. The Bertz CT molecular complexity index is 1070. The van der Waals surface area contributed by atoms with Crippen LogP contribution in [0.2, 0.25) is 10.0 Å². The maximum absolute atomic E-state index is 12.6. The highest BCUT2D eigenvalue weighted by molar-refractivity contribution is 9.10. The van der Waals surface area contributed by atoms with Crippen LogP contribution >= 0.6 is 39.1 Å². The van der Waals surface area contributed by atoms with Gasteiger partial charge in [-0.05, 0) is 57.7 Å². The largest absolute Gasteiger partial charge is 0.265 e. The van der Waals surface area contributed by atoms with Crippen LogP contribution in [0.25, 0.3) is 0 Å². The van der Waals surface area contributed by atoms with Crippen molar-refractivity contribution < 1.29 is 8.42 Å². The van der Waals surface area contributed by atoms with Gasteiger partial charge in [-0.15, -0.1) is 0 Å². The van der Waals surface area contributed by atoms with Crippen LogP contribution in [0, 0.1) is 0 Å². The second kappa shape index (κ2) is 8.22. The smallest absolute Gasteiger partial charge is 0.263 e. The highest BCUT2D eigenvalue weighted by Gasteiger charge is 2.18. The van der Waals surface area contributed by atoms with E-state index >= 15 is 0 Å². The quantitative estimate of drug-likeness (QED) is 0.507. The summed E-state index contributed by atoms with van der Waals surface area (Å²) >= 11 is 15.3. The molecule has 2 aromatic carbocycles. The van der Waals surface area contributed by atoms with Gasteiger partial charge in [-0.2, -0.15) is 5.10 Å². The topological polar surface area (TPSA) is 64.0 Å². The van der Waals surface area contributed by atoms with E-state index in [1.54, 1.807) is 47.3 Å². The maximum atomic E-state index is 12.6. The Morgan fingerprint density at radius 3 is 2.37 bits per heavy atom. The van der Waals surface area contributed by atoms with Gasteiger partial charge in [0.2, 0.25) is 0 Å². The van der Waals surface area contributed by atoms with Crippen LogP contribution < -0.4 is 4.72 Å². The number of aromatic nitrogens is 2. The Morgan fingerprint density at radius 2 is 1.74 bits per heavy atom. The molecule has 0 aliphatic rings. The van der Waals surface area contributed by atoms with Gasteiger partial charge >= 0.3 is 0 Å². The lowest BCUT2D eigenvalue weighted by molar-refractivity contribution is 0.600. The molecule has 0 radical (unpaired) electrons. The van der Waals surface area contributed by atoms with Crippen LogP contribution in [-0.2, 0) is 23.0 Å². The van der Waals surface area contributed by atoms with Gasteiger partial charge in [0.05, 0.1) is 26.0 Å². The predicted molar refractivity (Wildman–Crippen MR) is 112 cm³/mol. The Morgan fingerprint density at radius 1 is 1.07 bits per heavy atom. The highest BCUT2D eigenvalue weighted by Crippen LogP contribution is 2.26. The van der Waals surface area contributed by atoms with E-state index in [1.165, 1.54) is 0 Å². The second-order valence-electron chi connectivity index (χ2n) is 5.87. The first-order valence-electron chi connectivity index (χ1n) is 8.07. The first kappa shape index (κ1) is 20.2. The summed E-state index contributed by atoms with van der Waals surface area (Å²) in [4.78, 5) is 0.186. The van der Waals surface area contributed by atoms with Crippen LogP contribution in [0.1, 0.15) is 18.1 Å². The van der Waals surface area contributed by atoms with E-state index in [0.29, 0.717) is 21.1 Å². The lowest BCUT2D eigenvalue weighted by Crippen LogP contribution is -2.14. The van der Waals surface area contributed by atoms with Gasteiger partial charge in [0.15, 0.2) is 5.82 Å². The third-order valence-corrected chi connectivity index (χ3v) is 6.59. The van der Waals surface area contributed by atoms with Gasteiger partial charge < -0.3 is 0 Å². The number of halogens is 3. The summed E-state index contributed by atoms with van der Waals surface area (Å²) in [7, 11) is -3.73. The van der Waals surface area contributed by atoms with Gasteiger partial charge in [0.1, 0.15) is 0 Å². The number of hydrogen-bond donors (Lipinski definition) is 1. The number of hydrogen-bond acceptors (Lipinski definition) is 3. The number of anilines is 1. The summed E-state index contributed by atoms with van der Waals surface area (Å²) in [5, 5.41) is 5.24. The lowest BCUT2D eigenvalue weighted by atomic mass is 10.2. The van der Waals surface area contributed by atoms with Crippen LogP contribution in [0.5, 0.6) is 0 Å². The fourth-order valence-electron chi connectivity index (χ4n) is 2.46. The summed E-state index contributed by atoms with van der Waals surface area (Å²) in [6.45, 7) is 2.43. The molecular weight excluding hydrogens is 473 g/mol. The van der Waals surface area contributed by atoms with Crippen molar-refractivity contribution in [2.75, 3.05) is 4.72 Å². The predicted octanol–water partition coefficient (Wildman–Crippen LogP) is 5.36. The van der Waals surface area contributed by atoms with Crippen molar-refractivity contribution in [3.8, 4) is 0 Å². The van der Waals surface area contributed by atoms with E-state index in [2.05, 4.69) is 25.8 Å². The van der Waals surface area contributed by atoms with Crippen molar-refractivity contribution >= 4 is 55.0 Å². The zero-order valence-electron chi connectivity index (χ0n) is 14.3. The average molecular weight is 489 g/mol. The first-order valence-corrected chi connectivity index (χ1v) is 11.1. The van der Waals surface area contributed by atoms with Crippen molar-refractivity contribution in [2.45, 2.75) is 24.8 Å². The van der Waals surface area contributed by atoms with Crippen molar-refractivity contribution in [3.63, 3.8) is 0 Å². The van der Waals surface area contributed by atoms with Gasteiger partial charge in [-0.1, -0.05) is 48.3 Å². The molecule has 0 aliphatic heterocycles. The molecule has 0 amide bonds. The lowest BCUT2D eigenvalue weighted by Gasteiger charge is -2.07. The number of nitrogens with one attached hydrogen (secondary N) is 1. The fraction of sp³-hybridized carbons (Fsp3) is 0.167. The molecule has 0 saturated heterocycles. The molecule has 0 saturated carbocycles. The molecule has 0 atom stereocenters. The van der Waals surface area contributed by atoms with Gasteiger partial charge in [0.25, 0.3) is 10.0 Å². The zero-order chi connectivity index (χ0) is 19.6. The second-order valence-corrected chi connectivity index (χ2v) is 9.23. The number of nitrogens with zero attached hydrogens (tertiary/aromatic N) is 2. The van der Waals surface area contributed by atoms with Crippen molar-refractivity contribution in [2.24, 2.45) is 0 Å². The van der Waals surface area contributed by atoms with E-state index in [4.69, 9.17) is 23.2 Å². The van der Waals surface area contributed by atoms with E-state index < -0.39 is 10.0 Å². The molecule has 1 heterocycles. The molecule has 0 fully saturated rings. The van der Waals surface area contributed by atoms with Crippen molar-refractivity contribution in [1.29, 1.82) is 0 Å². The number of benzene rings is 2. The monoisotopic (exact) mass is 487 g/mol. The summed E-state index contributed by atoms with van der Waals surface area (Å²) in [6, 6.07) is 12.1. The Labute approximate surface area is 176 Å². The first-order chi connectivity index (χ1) is 12.8. The molecule has 0 aliphatic carbocycles. The van der Waals surface area contributed by atoms with Gasteiger partial charge in [-0.25, -0.2) is 8.42 Å². The van der Waals surface area contributed by atoms with Crippen molar-refractivity contribution in [1.82, 2.24) is 9.78 Å². The Hall–Kier alpha value is -1.54. The molecule has 0 unspecified atom stereocenters. The van der Waals surface area contributed by atoms with Crippen LogP contribution in [0.4, 0.5) is 5.82 Å². The fourth-order valence-corrected chi connectivity index (χ4v) is 4.35. The number of sulfonamides is 1. The molecular formula is C18H16BrCl2N3O2S. The normalized spacial score (nSPS) is 11.6. The summed E-state index contributed by atoms with van der Waals surface area (Å²) < 4.78 is 29.8. The molecule has 3 rings (SSSR count). The Balaban J connectivity index is 1.80. The summed E-state index contributed by atoms with van der Waals surface area (Å²) in [5.74, 6) is 0.217. The summed E-state index contributed by atoms with van der Waals surface area (Å²) in [5.41, 5.74) is 1.96. The molecule has 0 bridgehead atoms. The number of rotatable bonds is 6. The van der Waals surface area contributed by atoms with E-state index in [0.717, 1.165) is 17.5 Å². The van der Waals surface area contributed by atoms with Crippen LogP contribution in [-0.4, -0.2) is 18.2 Å². The minimum atomic E-state index is -3.73. The molecule has 0 spiro atoms. The molecule has 1 aromatic heterocycles. The third-order valence-electron chi connectivity index (χ3n) is 3.92. The molecule has 142 valence electrons. The van der Waals surface area contributed by atoms with Crippen molar-refractivity contribution in [3.05, 3.63) is 74.3 Å². The zero-order valence-corrected chi connectivity index (χ0v) is 18.2. The highest BCUT2D eigenvalue weighted by atomic mass is 79.9. The Kier molecular flexibility index (Phi) is 6.15. The maximum Gasteiger partial charge on any atom is 0.263 e. The summed E-state index contributed by atoms with van der Waals surface area (Å²) in [6.07, 6.45) is 2.54.